The molecule has 21 heavy (non-hydrogen) atoms. The summed E-state index contributed by atoms with van der Waals surface area (Å²) in [6.45, 7) is 9.86. The third-order valence-electron chi connectivity index (χ3n) is 3.15. The van der Waals surface area contributed by atoms with Gasteiger partial charge in [-0.25, -0.2) is 9.78 Å². The second-order valence-corrected chi connectivity index (χ2v) is 6.40. The Morgan fingerprint density at radius 3 is 2.43 bits per heavy atom. The van der Waals surface area contributed by atoms with Crippen LogP contribution >= 0.6 is 11.3 Å². The summed E-state index contributed by atoms with van der Waals surface area (Å²) in [7, 11) is 0. The molecule has 1 heterocycles. The van der Waals surface area contributed by atoms with E-state index in [9.17, 15) is 9.59 Å². The molecule has 0 aliphatic rings. The Morgan fingerprint density at radius 2 is 1.90 bits per heavy atom. The zero-order valence-corrected chi connectivity index (χ0v) is 14.1. The Hall–Kier alpha value is -1.63. The first kappa shape index (κ1) is 17.4. The van der Waals surface area contributed by atoms with Gasteiger partial charge in [-0.2, -0.15) is 0 Å². The number of urea groups is 1. The maximum absolute atomic E-state index is 11.8. The minimum absolute atomic E-state index is 0.104. The monoisotopic (exact) mass is 312 g/mol. The predicted molar refractivity (Wildman–Crippen MR) is 84.3 cm³/mol. The Balaban J connectivity index is 2.39. The molecule has 1 rings (SSSR count). The van der Waals surface area contributed by atoms with Gasteiger partial charge in [0.25, 0.3) is 0 Å². The van der Waals surface area contributed by atoms with E-state index < -0.39 is 6.04 Å². The summed E-state index contributed by atoms with van der Waals surface area (Å²) in [5, 5.41) is 9.18. The van der Waals surface area contributed by atoms with Gasteiger partial charge in [-0.15, -0.1) is 11.3 Å². The highest BCUT2D eigenvalue weighted by molar-refractivity contribution is 7.11. The van der Waals surface area contributed by atoms with Gasteiger partial charge in [-0.1, -0.05) is 6.92 Å². The van der Waals surface area contributed by atoms with Crippen molar-refractivity contribution in [2.75, 3.05) is 0 Å². The van der Waals surface area contributed by atoms with Gasteiger partial charge < -0.3 is 16.0 Å². The van der Waals surface area contributed by atoms with E-state index in [4.69, 9.17) is 0 Å². The lowest BCUT2D eigenvalue weighted by Crippen LogP contribution is -2.49. The van der Waals surface area contributed by atoms with Gasteiger partial charge in [-0.3, -0.25) is 4.79 Å². The van der Waals surface area contributed by atoms with Crippen molar-refractivity contribution < 1.29 is 9.59 Å². The molecular weight excluding hydrogens is 288 g/mol. The van der Waals surface area contributed by atoms with E-state index in [2.05, 4.69) is 20.9 Å². The van der Waals surface area contributed by atoms with Crippen LogP contribution in [0, 0.1) is 13.8 Å². The van der Waals surface area contributed by atoms with Crippen LogP contribution in [-0.2, 0) is 11.3 Å². The van der Waals surface area contributed by atoms with Gasteiger partial charge >= 0.3 is 6.03 Å². The van der Waals surface area contributed by atoms with Gasteiger partial charge in [0.2, 0.25) is 5.91 Å². The topological polar surface area (TPSA) is 83.1 Å². The fourth-order valence-corrected chi connectivity index (χ4v) is 2.56. The molecule has 0 saturated carbocycles. The van der Waals surface area contributed by atoms with E-state index >= 15 is 0 Å². The summed E-state index contributed by atoms with van der Waals surface area (Å²) in [4.78, 5) is 28.9. The Morgan fingerprint density at radius 1 is 1.24 bits per heavy atom. The van der Waals surface area contributed by atoms with Crippen LogP contribution in [0.25, 0.3) is 0 Å². The molecular formula is C14H24N4O2S. The molecule has 6 nitrogen and oxygen atoms in total. The molecule has 0 aromatic carbocycles. The van der Waals surface area contributed by atoms with Gasteiger partial charge in [0, 0.05) is 10.9 Å². The molecule has 0 radical (unpaired) electrons. The van der Waals surface area contributed by atoms with E-state index in [1.54, 1.807) is 18.3 Å². The van der Waals surface area contributed by atoms with Gasteiger partial charge in [0.15, 0.2) is 0 Å². The molecule has 0 unspecified atom stereocenters. The summed E-state index contributed by atoms with van der Waals surface area (Å²) < 4.78 is 0. The van der Waals surface area contributed by atoms with Crippen molar-refractivity contribution >= 4 is 23.3 Å². The quantitative estimate of drug-likeness (QED) is 0.750. The van der Waals surface area contributed by atoms with Crippen molar-refractivity contribution in [3.05, 3.63) is 15.6 Å². The van der Waals surface area contributed by atoms with Gasteiger partial charge in [0.05, 0.1) is 17.2 Å². The molecule has 118 valence electrons. The average molecular weight is 312 g/mol. The van der Waals surface area contributed by atoms with Crippen molar-refractivity contribution in [3.8, 4) is 0 Å². The number of thiazole rings is 1. The molecule has 3 amide bonds. The van der Waals surface area contributed by atoms with Crippen LogP contribution in [0.4, 0.5) is 4.79 Å². The summed E-state index contributed by atoms with van der Waals surface area (Å²) >= 11 is 1.56. The highest BCUT2D eigenvalue weighted by Crippen LogP contribution is 2.16. The summed E-state index contributed by atoms with van der Waals surface area (Å²) in [6, 6.07) is -0.817. The Labute approximate surface area is 129 Å². The number of nitrogens with one attached hydrogen (secondary N) is 3. The smallest absolute Gasteiger partial charge is 0.315 e. The number of nitrogens with zero attached hydrogens (tertiary/aromatic N) is 1. The van der Waals surface area contributed by atoms with Crippen molar-refractivity contribution in [1.29, 1.82) is 0 Å². The first-order chi connectivity index (χ1) is 9.83. The van der Waals surface area contributed by atoms with Crippen LogP contribution in [0.1, 0.15) is 42.8 Å². The maximum Gasteiger partial charge on any atom is 0.315 e. The Kier molecular flexibility index (Phi) is 6.61. The highest BCUT2D eigenvalue weighted by atomic mass is 32.1. The first-order valence-corrected chi connectivity index (χ1v) is 7.92. The SMILES string of the molecule is CC[C@@H](C)NC(=O)[C@@H](C)NC(=O)NCc1sc(C)nc1C. The van der Waals surface area contributed by atoms with Crippen LogP contribution in [0.3, 0.4) is 0 Å². The second kappa shape index (κ2) is 7.97. The fourth-order valence-electron chi connectivity index (χ4n) is 1.68. The number of rotatable bonds is 6. The molecule has 3 N–H and O–H groups in total. The van der Waals surface area contributed by atoms with Crippen LogP contribution in [0.5, 0.6) is 0 Å². The van der Waals surface area contributed by atoms with E-state index in [-0.39, 0.29) is 18.0 Å². The van der Waals surface area contributed by atoms with E-state index in [1.165, 1.54) is 0 Å². The lowest BCUT2D eigenvalue weighted by atomic mass is 10.2. The lowest BCUT2D eigenvalue weighted by Gasteiger charge is -2.17. The van der Waals surface area contributed by atoms with Crippen molar-refractivity contribution in [2.24, 2.45) is 0 Å². The number of amides is 3. The van der Waals surface area contributed by atoms with E-state index in [0.717, 1.165) is 22.0 Å². The standard InChI is InChI=1S/C14H24N4O2S/c1-6-8(2)16-13(19)10(4)18-14(20)15-7-12-9(3)17-11(5)21-12/h8,10H,6-7H2,1-5H3,(H,16,19)(H2,15,18,20)/t8-,10-/m1/s1. The number of hydrogen-bond acceptors (Lipinski definition) is 4. The Bertz CT molecular complexity index is 501. The third-order valence-corrected chi connectivity index (χ3v) is 4.22. The van der Waals surface area contributed by atoms with Crippen LogP contribution in [0.2, 0.25) is 0 Å². The molecule has 0 saturated heterocycles. The number of carbonyl (C=O) groups excluding carboxylic acids is 2. The lowest BCUT2D eigenvalue weighted by molar-refractivity contribution is -0.123. The second-order valence-electron chi connectivity index (χ2n) is 5.11. The summed E-state index contributed by atoms with van der Waals surface area (Å²) in [6.07, 6.45) is 0.856. The molecule has 0 fully saturated rings. The molecule has 0 spiro atoms. The van der Waals surface area contributed by atoms with Crippen LogP contribution in [0.15, 0.2) is 0 Å². The summed E-state index contributed by atoms with van der Waals surface area (Å²) in [5.41, 5.74) is 0.931. The normalized spacial score (nSPS) is 13.4. The number of carbonyl (C=O) groups is 2. The maximum atomic E-state index is 11.8. The van der Waals surface area contributed by atoms with Crippen molar-refractivity contribution in [2.45, 2.75) is 59.7 Å². The average Bonchev–Trinajstić information content (AvgIpc) is 2.74. The van der Waals surface area contributed by atoms with E-state index in [1.807, 2.05) is 27.7 Å². The molecule has 0 aliphatic heterocycles. The molecule has 7 heteroatoms. The zero-order chi connectivity index (χ0) is 16.0. The molecule has 0 aliphatic carbocycles. The first-order valence-electron chi connectivity index (χ1n) is 7.11. The third kappa shape index (κ3) is 5.71. The number of aromatic nitrogens is 1. The number of hydrogen-bond donors (Lipinski definition) is 3. The molecule has 1 aromatic rings. The van der Waals surface area contributed by atoms with Crippen molar-refractivity contribution in [1.82, 2.24) is 20.9 Å². The predicted octanol–water partition coefficient (Wildman–Crippen LogP) is 1.86. The molecule has 1 aromatic heterocycles. The van der Waals surface area contributed by atoms with Crippen LogP contribution in [-0.4, -0.2) is 29.0 Å². The van der Waals surface area contributed by atoms with Crippen molar-refractivity contribution in [3.63, 3.8) is 0 Å². The fraction of sp³-hybridized carbons (Fsp3) is 0.643. The van der Waals surface area contributed by atoms with Gasteiger partial charge in [-0.05, 0) is 34.1 Å². The largest absolute Gasteiger partial charge is 0.352 e. The summed E-state index contributed by atoms with van der Waals surface area (Å²) in [5.74, 6) is -0.177. The van der Waals surface area contributed by atoms with Crippen LogP contribution < -0.4 is 16.0 Å². The zero-order valence-electron chi connectivity index (χ0n) is 13.2. The molecule has 0 bridgehead atoms. The highest BCUT2D eigenvalue weighted by Gasteiger charge is 2.17. The van der Waals surface area contributed by atoms with Gasteiger partial charge in [0.1, 0.15) is 6.04 Å². The minimum Gasteiger partial charge on any atom is -0.352 e. The number of aryl methyl sites for hydroxylation is 2. The minimum atomic E-state index is -0.566. The van der Waals surface area contributed by atoms with E-state index in [0.29, 0.717) is 6.54 Å². The molecule has 2 atom stereocenters.